The molecule has 1 aliphatic heterocycles. The number of rotatable bonds is 10. The monoisotopic (exact) mass is 530 g/mol. The van der Waals surface area contributed by atoms with Gasteiger partial charge in [-0.3, -0.25) is 0 Å². The molecule has 3 N–H and O–H groups in total. The molecule has 0 amide bonds. The van der Waals surface area contributed by atoms with Gasteiger partial charge in [0, 0.05) is 38.8 Å². The zero-order chi connectivity index (χ0) is 26.2. The van der Waals surface area contributed by atoms with Gasteiger partial charge >= 0.3 is 0 Å². The maximum atomic E-state index is 13.4. The molecule has 38 heavy (non-hydrogen) atoms. The van der Waals surface area contributed by atoms with E-state index in [1.54, 1.807) is 0 Å². The summed E-state index contributed by atoms with van der Waals surface area (Å²) in [5, 5.41) is 11.1. The molecule has 0 bridgehead atoms. The molecule has 0 radical (unpaired) electrons. The summed E-state index contributed by atoms with van der Waals surface area (Å²) in [5.41, 5.74) is 4.41. The van der Waals surface area contributed by atoms with Crippen LogP contribution in [0.25, 0.3) is 11.0 Å². The SMILES string of the molecule is Fc1ccc(Cn2c(NC3CCN(CCNC(=S)NCCc4ccccc4)CC3)nc3ccccc32)cc1. The zero-order valence-corrected chi connectivity index (χ0v) is 22.4. The highest BCUT2D eigenvalue weighted by Gasteiger charge is 2.21. The number of piperidine rings is 1. The van der Waals surface area contributed by atoms with Gasteiger partial charge in [-0.15, -0.1) is 0 Å². The van der Waals surface area contributed by atoms with E-state index < -0.39 is 0 Å². The van der Waals surface area contributed by atoms with E-state index in [1.165, 1.54) is 17.7 Å². The predicted octanol–water partition coefficient (Wildman–Crippen LogP) is 4.81. The number of benzene rings is 3. The maximum absolute atomic E-state index is 13.4. The van der Waals surface area contributed by atoms with Gasteiger partial charge in [-0.1, -0.05) is 54.6 Å². The number of likely N-dealkylation sites (tertiary alicyclic amines) is 1. The Morgan fingerprint density at radius 2 is 1.58 bits per heavy atom. The van der Waals surface area contributed by atoms with Gasteiger partial charge in [0.05, 0.1) is 17.6 Å². The van der Waals surface area contributed by atoms with Gasteiger partial charge in [0.1, 0.15) is 5.82 Å². The van der Waals surface area contributed by atoms with Crippen molar-refractivity contribution in [2.24, 2.45) is 0 Å². The quantitative estimate of drug-likeness (QED) is 0.256. The Morgan fingerprint density at radius 3 is 2.37 bits per heavy atom. The minimum absolute atomic E-state index is 0.217. The number of anilines is 1. The lowest BCUT2D eigenvalue weighted by Gasteiger charge is -2.32. The Labute approximate surface area is 229 Å². The lowest BCUT2D eigenvalue weighted by Crippen LogP contribution is -2.44. The molecule has 3 aromatic carbocycles. The Balaban J connectivity index is 1.07. The first-order valence-corrected chi connectivity index (χ1v) is 13.8. The van der Waals surface area contributed by atoms with Gasteiger partial charge in [-0.05, 0) is 66.9 Å². The minimum atomic E-state index is -0.217. The molecule has 4 aromatic rings. The lowest BCUT2D eigenvalue weighted by atomic mass is 10.1. The van der Waals surface area contributed by atoms with Crippen LogP contribution >= 0.6 is 12.2 Å². The Kier molecular flexibility index (Phi) is 8.83. The second kappa shape index (κ2) is 12.8. The standard InChI is InChI=1S/C30H35FN6S/c31-25-12-10-24(11-13-25)22-37-28-9-5-4-8-27(28)35-29(37)34-26-15-19-36(20-16-26)21-18-33-30(38)32-17-14-23-6-2-1-3-7-23/h1-13,26H,14-22H2,(H,34,35)(H2,32,33,38). The molecule has 0 spiro atoms. The van der Waals surface area contributed by atoms with Crippen LogP contribution in [0, 0.1) is 5.82 Å². The summed E-state index contributed by atoms with van der Waals surface area (Å²) in [4.78, 5) is 7.37. The van der Waals surface area contributed by atoms with Crippen molar-refractivity contribution in [3.8, 4) is 0 Å². The summed E-state index contributed by atoms with van der Waals surface area (Å²) in [5.74, 6) is 0.660. The summed E-state index contributed by atoms with van der Waals surface area (Å²) in [6.07, 6.45) is 3.07. The van der Waals surface area contributed by atoms with Crippen LogP contribution in [0.15, 0.2) is 78.9 Å². The highest BCUT2D eigenvalue weighted by Crippen LogP contribution is 2.24. The molecule has 0 aliphatic carbocycles. The lowest BCUT2D eigenvalue weighted by molar-refractivity contribution is 0.222. The summed E-state index contributed by atoms with van der Waals surface area (Å²) in [7, 11) is 0. The van der Waals surface area contributed by atoms with E-state index in [-0.39, 0.29) is 5.82 Å². The van der Waals surface area contributed by atoms with Crippen molar-refractivity contribution >= 4 is 34.3 Å². The van der Waals surface area contributed by atoms with Crippen molar-refractivity contribution in [1.29, 1.82) is 0 Å². The number of aromatic nitrogens is 2. The highest BCUT2D eigenvalue weighted by molar-refractivity contribution is 7.80. The van der Waals surface area contributed by atoms with E-state index in [0.29, 0.717) is 12.6 Å². The fourth-order valence-electron chi connectivity index (χ4n) is 4.96. The van der Waals surface area contributed by atoms with E-state index in [4.69, 9.17) is 17.2 Å². The van der Waals surface area contributed by atoms with E-state index >= 15 is 0 Å². The van der Waals surface area contributed by atoms with E-state index in [2.05, 4.69) is 55.7 Å². The third kappa shape index (κ3) is 7.08. The molecule has 0 unspecified atom stereocenters. The van der Waals surface area contributed by atoms with Gasteiger partial charge in [0.25, 0.3) is 0 Å². The normalized spacial score (nSPS) is 14.4. The van der Waals surface area contributed by atoms with Gasteiger partial charge in [-0.25, -0.2) is 9.37 Å². The zero-order valence-electron chi connectivity index (χ0n) is 21.6. The average molecular weight is 531 g/mol. The van der Waals surface area contributed by atoms with Gasteiger partial charge in [0.15, 0.2) is 5.11 Å². The third-order valence-corrected chi connectivity index (χ3v) is 7.37. The topological polar surface area (TPSA) is 57.2 Å². The van der Waals surface area contributed by atoms with E-state index in [0.717, 1.165) is 79.6 Å². The molecule has 1 fully saturated rings. The molecule has 5 rings (SSSR count). The van der Waals surface area contributed by atoms with Crippen molar-refractivity contribution in [2.75, 3.05) is 38.0 Å². The van der Waals surface area contributed by atoms with Crippen LogP contribution in [0.5, 0.6) is 0 Å². The molecule has 8 heteroatoms. The van der Waals surface area contributed by atoms with Crippen molar-refractivity contribution in [1.82, 2.24) is 25.1 Å². The van der Waals surface area contributed by atoms with Crippen LogP contribution in [0.4, 0.5) is 10.3 Å². The second-order valence-electron chi connectivity index (χ2n) is 9.82. The Bertz CT molecular complexity index is 1320. The van der Waals surface area contributed by atoms with Crippen LogP contribution in [0.1, 0.15) is 24.0 Å². The van der Waals surface area contributed by atoms with E-state index in [1.807, 2.05) is 36.4 Å². The summed E-state index contributed by atoms with van der Waals surface area (Å²) in [6, 6.07) is 25.7. The van der Waals surface area contributed by atoms with Crippen molar-refractivity contribution in [3.63, 3.8) is 0 Å². The van der Waals surface area contributed by atoms with Crippen molar-refractivity contribution < 1.29 is 4.39 Å². The summed E-state index contributed by atoms with van der Waals surface area (Å²) >= 11 is 5.44. The van der Waals surface area contributed by atoms with Gasteiger partial charge in [-0.2, -0.15) is 0 Å². The summed E-state index contributed by atoms with van der Waals surface area (Å²) in [6.45, 7) is 5.35. The van der Waals surface area contributed by atoms with Crippen LogP contribution in [-0.2, 0) is 13.0 Å². The van der Waals surface area contributed by atoms with Crippen molar-refractivity contribution in [3.05, 3.63) is 95.8 Å². The molecular formula is C30H35FN6S. The molecule has 1 aromatic heterocycles. The molecule has 6 nitrogen and oxygen atoms in total. The third-order valence-electron chi connectivity index (χ3n) is 7.08. The number of fused-ring (bicyclic) bond motifs is 1. The number of halogens is 1. The van der Waals surface area contributed by atoms with Crippen LogP contribution in [0.2, 0.25) is 0 Å². The number of thiocarbonyl (C=S) groups is 1. The number of hydrogen-bond donors (Lipinski definition) is 3. The van der Waals surface area contributed by atoms with E-state index in [9.17, 15) is 4.39 Å². The molecule has 2 heterocycles. The van der Waals surface area contributed by atoms with Crippen LogP contribution < -0.4 is 16.0 Å². The first-order valence-electron chi connectivity index (χ1n) is 13.4. The molecule has 198 valence electrons. The Morgan fingerprint density at radius 1 is 0.868 bits per heavy atom. The average Bonchev–Trinajstić information content (AvgIpc) is 3.28. The van der Waals surface area contributed by atoms with Crippen LogP contribution in [0.3, 0.4) is 0 Å². The molecule has 0 saturated carbocycles. The molecule has 1 aliphatic rings. The first-order chi connectivity index (χ1) is 18.6. The van der Waals surface area contributed by atoms with Gasteiger partial charge in [0.2, 0.25) is 5.95 Å². The van der Waals surface area contributed by atoms with Gasteiger partial charge < -0.3 is 25.4 Å². The fourth-order valence-corrected chi connectivity index (χ4v) is 5.16. The summed E-state index contributed by atoms with van der Waals surface area (Å²) < 4.78 is 15.6. The number of nitrogens with zero attached hydrogens (tertiary/aromatic N) is 3. The predicted molar refractivity (Wildman–Crippen MR) is 157 cm³/mol. The maximum Gasteiger partial charge on any atom is 0.204 e. The number of nitrogens with one attached hydrogen (secondary N) is 3. The number of para-hydroxylation sites is 2. The fraction of sp³-hybridized carbons (Fsp3) is 0.333. The minimum Gasteiger partial charge on any atom is -0.362 e. The van der Waals surface area contributed by atoms with Crippen LogP contribution in [-0.4, -0.2) is 58.3 Å². The first kappa shape index (κ1) is 26.1. The largest absolute Gasteiger partial charge is 0.362 e. The number of hydrogen-bond acceptors (Lipinski definition) is 4. The highest BCUT2D eigenvalue weighted by atomic mass is 32.1. The number of imidazole rings is 1. The van der Waals surface area contributed by atoms with Crippen molar-refractivity contribution in [2.45, 2.75) is 31.8 Å². The molecule has 0 atom stereocenters. The molecular weight excluding hydrogens is 495 g/mol. The second-order valence-corrected chi connectivity index (χ2v) is 10.2. The molecule has 1 saturated heterocycles. The smallest absolute Gasteiger partial charge is 0.204 e. The Hall–Kier alpha value is -3.49.